The van der Waals surface area contributed by atoms with Gasteiger partial charge in [0.05, 0.1) is 17.3 Å². The molecule has 0 saturated heterocycles. The Bertz CT molecular complexity index is 937. The highest BCUT2D eigenvalue weighted by Crippen LogP contribution is 2.61. The fraction of sp³-hybridized carbons (Fsp3) is 0.778. The minimum absolute atomic E-state index is 0.137. The van der Waals surface area contributed by atoms with Crippen LogP contribution in [0.25, 0.3) is 0 Å². The van der Waals surface area contributed by atoms with Crippen LogP contribution in [0.3, 0.4) is 0 Å². The van der Waals surface area contributed by atoms with Gasteiger partial charge in [-0.05, 0) is 133 Å². The third-order valence-corrected chi connectivity index (χ3v) is 11.0. The van der Waals surface area contributed by atoms with Gasteiger partial charge in [-0.25, -0.2) is 0 Å². The van der Waals surface area contributed by atoms with Gasteiger partial charge in [0.15, 0.2) is 0 Å². The zero-order chi connectivity index (χ0) is 29.2. The van der Waals surface area contributed by atoms with Crippen molar-refractivity contribution in [2.45, 2.75) is 149 Å². The van der Waals surface area contributed by atoms with Gasteiger partial charge in [0.2, 0.25) is 0 Å². The molecule has 3 fully saturated rings. The van der Waals surface area contributed by atoms with Gasteiger partial charge in [0.1, 0.15) is 0 Å². The number of rotatable bonds is 11. The Kier molecular flexibility index (Phi) is 10.3. The molecule has 3 unspecified atom stereocenters. The van der Waals surface area contributed by atoms with Crippen molar-refractivity contribution in [2.24, 2.45) is 28.6 Å². The highest BCUT2D eigenvalue weighted by molar-refractivity contribution is 5.29. The maximum atomic E-state index is 10.6. The van der Waals surface area contributed by atoms with Crippen molar-refractivity contribution in [3.63, 3.8) is 0 Å². The maximum Gasteiger partial charge on any atom is 0.0798 e. The smallest absolute Gasteiger partial charge is 0.0798 e. The Hall–Kier alpha value is -1.16. The van der Waals surface area contributed by atoms with E-state index in [2.05, 4.69) is 46.1 Å². The van der Waals surface area contributed by atoms with Gasteiger partial charge in [-0.2, -0.15) is 0 Å². The summed E-state index contributed by atoms with van der Waals surface area (Å²) in [7, 11) is 0. The van der Waals surface area contributed by atoms with Crippen LogP contribution in [0.15, 0.2) is 47.6 Å². The van der Waals surface area contributed by atoms with E-state index in [1.165, 1.54) is 43.3 Å². The Labute approximate surface area is 240 Å². The van der Waals surface area contributed by atoms with E-state index in [1.54, 1.807) is 5.57 Å². The van der Waals surface area contributed by atoms with Gasteiger partial charge in [0, 0.05) is 5.41 Å². The Morgan fingerprint density at radius 2 is 1.67 bits per heavy atom. The van der Waals surface area contributed by atoms with Crippen molar-refractivity contribution in [1.29, 1.82) is 0 Å². The summed E-state index contributed by atoms with van der Waals surface area (Å²) in [4.78, 5) is 0. The highest BCUT2D eigenvalue weighted by Gasteiger charge is 2.51. The zero-order valence-electron chi connectivity index (χ0n) is 26.4. The SMILES string of the molecule is C=C(CCC(=C)C(C)(C)O)C(CCCC(C)(C)O)C1CCC2/C(=C/C=C3/CCC[C@H](O)C3(C)C)CCC[C@@]21C. The molecule has 0 spiro atoms. The third-order valence-electron chi connectivity index (χ3n) is 11.0. The number of allylic oxidation sites excluding steroid dienone is 4. The maximum absolute atomic E-state index is 10.6. The number of hydrogen-bond donors (Lipinski definition) is 3. The molecule has 0 aliphatic heterocycles. The largest absolute Gasteiger partial charge is 0.392 e. The molecule has 222 valence electrons. The van der Waals surface area contributed by atoms with Crippen LogP contribution >= 0.6 is 0 Å². The second kappa shape index (κ2) is 12.4. The van der Waals surface area contributed by atoms with Gasteiger partial charge >= 0.3 is 0 Å². The summed E-state index contributed by atoms with van der Waals surface area (Å²) in [5.41, 5.74) is 3.83. The average Bonchev–Trinajstić information content (AvgIpc) is 3.17. The second-order valence-corrected chi connectivity index (χ2v) is 15.3. The first kappa shape index (κ1) is 32.4. The minimum Gasteiger partial charge on any atom is -0.392 e. The average molecular weight is 541 g/mol. The first-order chi connectivity index (χ1) is 18.0. The van der Waals surface area contributed by atoms with Crippen LogP contribution in [0.1, 0.15) is 132 Å². The minimum atomic E-state index is -0.859. The molecule has 0 aromatic heterocycles. The predicted molar refractivity (Wildman–Crippen MR) is 165 cm³/mol. The Morgan fingerprint density at radius 3 is 2.31 bits per heavy atom. The van der Waals surface area contributed by atoms with E-state index in [1.807, 2.05) is 27.7 Å². The van der Waals surface area contributed by atoms with Gasteiger partial charge in [0.25, 0.3) is 0 Å². The van der Waals surface area contributed by atoms with E-state index in [9.17, 15) is 15.3 Å². The zero-order valence-corrected chi connectivity index (χ0v) is 26.4. The lowest BCUT2D eigenvalue weighted by atomic mass is 9.59. The molecule has 3 N–H and O–H groups in total. The van der Waals surface area contributed by atoms with E-state index in [4.69, 9.17) is 0 Å². The van der Waals surface area contributed by atoms with Gasteiger partial charge in [-0.15, -0.1) is 0 Å². The molecule has 0 aromatic rings. The molecule has 5 atom stereocenters. The van der Waals surface area contributed by atoms with Crippen LogP contribution in [0, 0.1) is 28.6 Å². The molecule has 3 aliphatic carbocycles. The number of aliphatic hydroxyl groups excluding tert-OH is 1. The van der Waals surface area contributed by atoms with E-state index >= 15 is 0 Å². The molecule has 0 radical (unpaired) electrons. The molecule has 39 heavy (non-hydrogen) atoms. The lowest BCUT2D eigenvalue weighted by Gasteiger charge is -2.46. The topological polar surface area (TPSA) is 60.7 Å². The summed E-state index contributed by atoms with van der Waals surface area (Å²) in [6, 6.07) is 0. The molecule has 3 heteroatoms. The molecule has 0 bridgehead atoms. The summed E-state index contributed by atoms with van der Waals surface area (Å²) >= 11 is 0. The number of hydrogen-bond acceptors (Lipinski definition) is 3. The van der Waals surface area contributed by atoms with Crippen molar-refractivity contribution in [2.75, 3.05) is 0 Å². The quantitative estimate of drug-likeness (QED) is 0.229. The standard InChI is InChI=1S/C36H60O3/c1-25(17-18-26(2)35(7,8)39)29(15-12-23-33(3,4)38)31-22-21-30-27(13-11-24-36(30,31)9)19-20-28-14-10-16-32(37)34(28,5)6/h19-20,29-32,37-39H,1-2,10-18,21-24H2,3-9H3/b27-19+,28-20-/t29?,30?,31?,32-,36-/m0/s1. The molecule has 3 nitrogen and oxygen atoms in total. The normalized spacial score (nSPS) is 32.3. The number of fused-ring (bicyclic) bond motifs is 1. The van der Waals surface area contributed by atoms with E-state index in [-0.39, 0.29) is 16.9 Å². The first-order valence-corrected chi connectivity index (χ1v) is 15.9. The Balaban J connectivity index is 1.83. The molecular formula is C36H60O3. The monoisotopic (exact) mass is 540 g/mol. The number of aliphatic hydroxyl groups is 3. The molecule has 3 saturated carbocycles. The lowest BCUT2D eigenvalue weighted by molar-refractivity contribution is 0.0482. The summed E-state index contributed by atoms with van der Waals surface area (Å²) < 4.78 is 0. The third kappa shape index (κ3) is 7.77. The fourth-order valence-corrected chi connectivity index (χ4v) is 8.08. The van der Waals surface area contributed by atoms with Crippen LogP contribution in [0.5, 0.6) is 0 Å². The summed E-state index contributed by atoms with van der Waals surface area (Å²) in [6.07, 6.45) is 18.4. The predicted octanol–water partition coefficient (Wildman–Crippen LogP) is 8.85. The molecule has 3 rings (SSSR count). The second-order valence-electron chi connectivity index (χ2n) is 15.3. The molecule has 0 aromatic carbocycles. The van der Waals surface area contributed by atoms with Crippen molar-refractivity contribution >= 4 is 0 Å². The van der Waals surface area contributed by atoms with Crippen LogP contribution in [0.2, 0.25) is 0 Å². The summed E-state index contributed by atoms with van der Waals surface area (Å²) in [5, 5.41) is 31.4. The van der Waals surface area contributed by atoms with Gasteiger partial charge < -0.3 is 15.3 Å². The van der Waals surface area contributed by atoms with Crippen LogP contribution in [-0.2, 0) is 0 Å². The van der Waals surface area contributed by atoms with E-state index in [0.29, 0.717) is 17.8 Å². The summed E-state index contributed by atoms with van der Waals surface area (Å²) in [5.74, 6) is 1.64. The molecule has 3 aliphatic rings. The van der Waals surface area contributed by atoms with Crippen LogP contribution in [0.4, 0.5) is 0 Å². The van der Waals surface area contributed by atoms with Gasteiger partial charge in [-0.3, -0.25) is 0 Å². The lowest BCUT2D eigenvalue weighted by Crippen LogP contribution is -2.37. The van der Waals surface area contributed by atoms with Crippen molar-refractivity contribution < 1.29 is 15.3 Å². The fourth-order valence-electron chi connectivity index (χ4n) is 8.08. The van der Waals surface area contributed by atoms with Crippen molar-refractivity contribution in [3.05, 3.63) is 47.6 Å². The van der Waals surface area contributed by atoms with E-state index < -0.39 is 11.2 Å². The summed E-state index contributed by atoms with van der Waals surface area (Å²) in [6.45, 7) is 23.2. The molecule has 0 amide bonds. The van der Waals surface area contributed by atoms with E-state index in [0.717, 1.165) is 56.9 Å². The highest BCUT2D eigenvalue weighted by atomic mass is 16.3. The van der Waals surface area contributed by atoms with Gasteiger partial charge in [-0.1, -0.05) is 69.2 Å². The van der Waals surface area contributed by atoms with Crippen molar-refractivity contribution in [1.82, 2.24) is 0 Å². The van der Waals surface area contributed by atoms with Crippen molar-refractivity contribution in [3.8, 4) is 0 Å². The van der Waals surface area contributed by atoms with Crippen LogP contribution in [-0.4, -0.2) is 32.6 Å². The first-order valence-electron chi connectivity index (χ1n) is 15.9. The Morgan fingerprint density at radius 1 is 0.974 bits per heavy atom. The van der Waals surface area contributed by atoms with Crippen LogP contribution < -0.4 is 0 Å². The molecular weight excluding hydrogens is 480 g/mol. The molecule has 0 heterocycles.